The fraction of sp³-hybridized carbons (Fsp3) is 0.962. The van der Waals surface area contributed by atoms with Gasteiger partial charge in [0.15, 0.2) is 0 Å². The number of aliphatic hydroxyl groups is 1. The Morgan fingerprint density at radius 2 is 0.930 bits per heavy atom. The van der Waals surface area contributed by atoms with Crippen molar-refractivity contribution in [3.8, 4) is 0 Å². The van der Waals surface area contributed by atoms with Crippen LogP contribution in [0, 0.1) is 11.8 Å². The predicted molar refractivity (Wildman–Crippen MR) is 249 cm³/mol. The van der Waals surface area contributed by atoms with E-state index in [9.17, 15) is 14.7 Å². The zero-order chi connectivity index (χ0) is 42.1. The molecule has 0 aromatic carbocycles. The van der Waals surface area contributed by atoms with E-state index in [-0.39, 0.29) is 11.9 Å². The van der Waals surface area contributed by atoms with Gasteiger partial charge in [-0.15, -0.1) is 0 Å². The third kappa shape index (κ3) is 31.6. The highest BCUT2D eigenvalue weighted by molar-refractivity contribution is 5.78. The van der Waals surface area contributed by atoms with E-state index in [4.69, 9.17) is 4.74 Å². The molecule has 1 aliphatic rings. The highest BCUT2D eigenvalue weighted by Crippen LogP contribution is 2.39. The van der Waals surface area contributed by atoms with Crippen molar-refractivity contribution in [1.82, 2.24) is 4.90 Å². The summed E-state index contributed by atoms with van der Waals surface area (Å²) in [6.45, 7) is 16.4. The van der Waals surface area contributed by atoms with Crippen LogP contribution in [0.25, 0.3) is 0 Å². The van der Waals surface area contributed by atoms with E-state index in [2.05, 4.69) is 39.5 Å². The summed E-state index contributed by atoms with van der Waals surface area (Å²) in [5.74, 6) is 0.969. The van der Waals surface area contributed by atoms with E-state index in [0.717, 1.165) is 57.9 Å². The molecule has 57 heavy (non-hydrogen) atoms. The summed E-state index contributed by atoms with van der Waals surface area (Å²) >= 11 is 0. The second kappa shape index (κ2) is 41.8. The van der Waals surface area contributed by atoms with Crippen LogP contribution in [0.1, 0.15) is 279 Å². The normalized spacial score (nSPS) is 16.7. The number of rotatable bonds is 41. The van der Waals surface area contributed by atoms with Gasteiger partial charge in [0.25, 0.3) is 0 Å². The van der Waals surface area contributed by atoms with Crippen molar-refractivity contribution in [2.24, 2.45) is 11.8 Å². The molecule has 0 aromatic heterocycles. The summed E-state index contributed by atoms with van der Waals surface area (Å²) < 4.78 is 5.86. The van der Waals surface area contributed by atoms with Gasteiger partial charge in [0.2, 0.25) is 0 Å². The lowest BCUT2D eigenvalue weighted by Crippen LogP contribution is -2.44. The van der Waals surface area contributed by atoms with Crippen LogP contribution in [0.5, 0.6) is 0 Å². The number of aliphatic hydroxyl groups excluding tert-OH is 1. The summed E-state index contributed by atoms with van der Waals surface area (Å²) in [5, 5.41) is 9.26. The Bertz CT molecular complexity index is 863. The minimum Gasteiger partial charge on any atom is -0.465 e. The highest BCUT2D eigenvalue weighted by atomic mass is 16.5. The molecule has 1 rings (SSSR count). The number of Topliss-reactive ketones (excluding diaryl/α,β-unsaturated/α-hetero) is 1. The predicted octanol–water partition coefficient (Wildman–Crippen LogP) is 15.9. The fourth-order valence-corrected chi connectivity index (χ4v) is 9.26. The van der Waals surface area contributed by atoms with Gasteiger partial charge in [0, 0.05) is 18.1 Å². The number of hydrogen-bond acceptors (Lipinski definition) is 5. The maximum Gasteiger partial charge on any atom is 0.308 e. The van der Waals surface area contributed by atoms with Gasteiger partial charge in [0.05, 0.1) is 12.5 Å². The lowest BCUT2D eigenvalue weighted by molar-refractivity contribution is -0.149. The first-order chi connectivity index (χ1) is 27.8. The molecule has 0 aliphatic carbocycles. The molecule has 0 bridgehead atoms. The van der Waals surface area contributed by atoms with E-state index in [1.807, 2.05) is 0 Å². The van der Waals surface area contributed by atoms with E-state index >= 15 is 0 Å². The highest BCUT2D eigenvalue weighted by Gasteiger charge is 2.39. The Morgan fingerprint density at radius 1 is 0.526 bits per heavy atom. The van der Waals surface area contributed by atoms with Gasteiger partial charge in [-0.1, -0.05) is 195 Å². The molecule has 0 spiro atoms. The maximum atomic E-state index is 13.0. The number of carbonyl (C=O) groups excluding carboxylic acids is 2. The van der Waals surface area contributed by atoms with Crippen molar-refractivity contribution in [3.63, 3.8) is 0 Å². The van der Waals surface area contributed by atoms with Gasteiger partial charge in [-0.2, -0.15) is 0 Å². The molecule has 5 heteroatoms. The third-order valence-electron chi connectivity index (χ3n) is 13.1. The molecule has 0 amide bonds. The number of hydrogen-bond donors (Lipinski definition) is 1. The van der Waals surface area contributed by atoms with E-state index in [0.29, 0.717) is 30.5 Å². The molecule has 1 aliphatic heterocycles. The average Bonchev–Trinajstić information content (AvgIpc) is 3.61. The summed E-state index contributed by atoms with van der Waals surface area (Å²) in [6.07, 6.45) is 46.1. The second-order valence-electron chi connectivity index (χ2n) is 18.4. The van der Waals surface area contributed by atoms with Gasteiger partial charge in [-0.25, -0.2) is 0 Å². The Balaban J connectivity index is 0.00000146. The largest absolute Gasteiger partial charge is 0.465 e. The third-order valence-corrected chi connectivity index (χ3v) is 13.1. The first-order valence-electron chi connectivity index (χ1n) is 25.9. The summed E-state index contributed by atoms with van der Waals surface area (Å²) in [7, 11) is 0. The lowest BCUT2D eigenvalue weighted by atomic mass is 9.84. The smallest absolute Gasteiger partial charge is 0.308 e. The molecule has 1 fully saturated rings. The molecular weight excluding hydrogens is 703 g/mol. The molecule has 0 aromatic rings. The number of esters is 1. The van der Waals surface area contributed by atoms with Crippen LogP contribution in [0.4, 0.5) is 0 Å². The molecule has 340 valence electrons. The molecule has 1 heterocycles. The van der Waals surface area contributed by atoms with Crippen molar-refractivity contribution in [2.75, 3.05) is 26.3 Å². The van der Waals surface area contributed by atoms with Crippen LogP contribution in [0.15, 0.2) is 0 Å². The number of ether oxygens (including phenoxy) is 1. The van der Waals surface area contributed by atoms with Gasteiger partial charge < -0.3 is 9.84 Å². The number of likely N-dealkylation sites (tertiary alicyclic amines) is 1. The molecular formula is C52H103NO4. The van der Waals surface area contributed by atoms with Crippen LogP contribution < -0.4 is 0 Å². The molecule has 3 unspecified atom stereocenters. The van der Waals surface area contributed by atoms with E-state index in [1.54, 1.807) is 6.92 Å². The molecule has 1 saturated heterocycles. The van der Waals surface area contributed by atoms with Crippen molar-refractivity contribution >= 4 is 11.8 Å². The van der Waals surface area contributed by atoms with E-state index in [1.165, 1.54) is 193 Å². The average molecular weight is 806 g/mol. The Morgan fingerprint density at radius 3 is 1.39 bits per heavy atom. The van der Waals surface area contributed by atoms with Crippen LogP contribution in [0.3, 0.4) is 0 Å². The molecule has 0 saturated carbocycles. The molecule has 0 radical (unpaired) electrons. The number of ketones is 1. The first kappa shape index (κ1) is 56.1. The molecule has 5 nitrogen and oxygen atoms in total. The van der Waals surface area contributed by atoms with Crippen molar-refractivity contribution in [1.29, 1.82) is 0 Å². The van der Waals surface area contributed by atoms with Crippen LogP contribution in [-0.2, 0) is 14.3 Å². The minimum absolute atomic E-state index is 0.0818. The number of unbranched alkanes of at least 4 members (excludes halogenated alkanes) is 22. The van der Waals surface area contributed by atoms with Crippen molar-refractivity contribution in [2.45, 2.75) is 285 Å². The van der Waals surface area contributed by atoms with Crippen molar-refractivity contribution < 1.29 is 19.4 Å². The summed E-state index contributed by atoms with van der Waals surface area (Å²) in [5.41, 5.74) is 0.376. The van der Waals surface area contributed by atoms with Gasteiger partial charge in [-0.05, 0) is 97.1 Å². The van der Waals surface area contributed by atoms with Gasteiger partial charge in [0.1, 0.15) is 5.78 Å². The topological polar surface area (TPSA) is 66.8 Å². The minimum atomic E-state index is 0.0818. The zero-order valence-electron chi connectivity index (χ0n) is 39.8. The first-order valence-corrected chi connectivity index (χ1v) is 25.9. The Kier molecular flexibility index (Phi) is 41.1. The van der Waals surface area contributed by atoms with Crippen LogP contribution >= 0.6 is 0 Å². The van der Waals surface area contributed by atoms with Crippen LogP contribution in [-0.4, -0.2) is 53.6 Å². The van der Waals surface area contributed by atoms with E-state index < -0.39 is 0 Å². The quantitative estimate of drug-likeness (QED) is 0.0492. The lowest BCUT2D eigenvalue weighted by Gasteiger charge is -2.39. The Hall–Kier alpha value is -0.940. The van der Waals surface area contributed by atoms with Gasteiger partial charge >= 0.3 is 5.97 Å². The fourth-order valence-electron chi connectivity index (χ4n) is 9.26. The standard InChI is InChI=1S/C35H69NO3.C17H34O/c1-4-7-10-13-14-17-25-33(24-16-11-8-5-2)34(38)39-32-22-15-19-27-35(26-18-12-9-6-3)28-23-30-36(35)29-20-21-31-37;1-4-6-8-10-11-13-15-17(16(3)18)14-12-9-7-5-2/h33,37H,4-32H2,1-3H3;17H,4-15H2,1-3H3. The second-order valence-corrected chi connectivity index (χ2v) is 18.4. The SMILES string of the molecule is CCCCCCCCC(CCCCCC)C(=O)OCCCCCC1(CCCCCC)CCCN1CCCCO.CCCCCCCCC(CCCCCC)C(C)=O. The Labute approximate surface area is 357 Å². The zero-order valence-corrected chi connectivity index (χ0v) is 39.8. The summed E-state index contributed by atoms with van der Waals surface area (Å²) in [4.78, 5) is 27.3. The molecule has 1 N–H and O–H groups in total. The number of carbonyl (C=O) groups is 2. The van der Waals surface area contributed by atoms with Gasteiger partial charge in [-0.3, -0.25) is 14.5 Å². The maximum absolute atomic E-state index is 13.0. The van der Waals surface area contributed by atoms with Crippen molar-refractivity contribution in [3.05, 3.63) is 0 Å². The number of nitrogens with zero attached hydrogens (tertiary/aromatic N) is 1. The monoisotopic (exact) mass is 806 g/mol. The summed E-state index contributed by atoms with van der Waals surface area (Å²) in [6, 6.07) is 0. The van der Waals surface area contributed by atoms with Crippen LogP contribution in [0.2, 0.25) is 0 Å². The molecule has 3 atom stereocenters.